The first kappa shape index (κ1) is 16.8. The van der Waals surface area contributed by atoms with Crippen molar-refractivity contribution in [1.29, 1.82) is 0 Å². The van der Waals surface area contributed by atoms with E-state index in [1.807, 2.05) is 6.20 Å². The molecule has 2 rings (SSSR count). The predicted octanol–water partition coefficient (Wildman–Crippen LogP) is 4.52. The van der Waals surface area contributed by atoms with E-state index in [0.717, 1.165) is 31.0 Å². The van der Waals surface area contributed by atoms with Crippen LogP contribution in [0.4, 0.5) is 0 Å². The summed E-state index contributed by atoms with van der Waals surface area (Å²) in [7, 11) is 0. The van der Waals surface area contributed by atoms with E-state index in [4.69, 9.17) is 4.74 Å². The molecule has 112 valence electrons. The van der Waals surface area contributed by atoms with E-state index in [9.17, 15) is 0 Å². The molecule has 0 aromatic carbocycles. The number of aromatic nitrogens is 2. The third-order valence-electron chi connectivity index (χ3n) is 3.76. The maximum absolute atomic E-state index is 5.91. The maximum Gasteiger partial charge on any atom is 0.238 e. The van der Waals surface area contributed by atoms with Crippen LogP contribution in [-0.2, 0) is 6.54 Å². The van der Waals surface area contributed by atoms with Crippen molar-refractivity contribution in [2.24, 2.45) is 5.92 Å². The second kappa shape index (κ2) is 6.98. The SMILES string of the molecule is CCn1c(C)c(C)c2ccnc(OCCC(C)C)c21.Cl. The van der Waals surface area contributed by atoms with Gasteiger partial charge < -0.3 is 9.30 Å². The minimum atomic E-state index is 0. The van der Waals surface area contributed by atoms with Crippen molar-refractivity contribution in [3.8, 4) is 5.88 Å². The Balaban J connectivity index is 0.00000200. The van der Waals surface area contributed by atoms with Gasteiger partial charge in [-0.05, 0) is 44.7 Å². The van der Waals surface area contributed by atoms with E-state index in [1.165, 1.54) is 16.6 Å². The van der Waals surface area contributed by atoms with E-state index in [0.29, 0.717) is 5.92 Å². The first-order valence-electron chi connectivity index (χ1n) is 7.13. The van der Waals surface area contributed by atoms with Crippen molar-refractivity contribution in [2.75, 3.05) is 6.61 Å². The van der Waals surface area contributed by atoms with E-state index in [-0.39, 0.29) is 12.4 Å². The normalized spacial score (nSPS) is 10.9. The lowest BCUT2D eigenvalue weighted by molar-refractivity contribution is 0.281. The summed E-state index contributed by atoms with van der Waals surface area (Å²) in [5, 5.41) is 1.26. The van der Waals surface area contributed by atoms with E-state index in [1.54, 1.807) is 0 Å². The summed E-state index contributed by atoms with van der Waals surface area (Å²) in [4.78, 5) is 4.42. The maximum atomic E-state index is 5.91. The van der Waals surface area contributed by atoms with Gasteiger partial charge in [0.1, 0.15) is 5.52 Å². The van der Waals surface area contributed by atoms with Crippen LogP contribution in [0.3, 0.4) is 0 Å². The second-order valence-electron chi connectivity index (χ2n) is 5.50. The summed E-state index contributed by atoms with van der Waals surface area (Å²) in [6.45, 7) is 12.6. The van der Waals surface area contributed by atoms with Crippen molar-refractivity contribution in [2.45, 2.75) is 47.6 Å². The topological polar surface area (TPSA) is 27.1 Å². The van der Waals surface area contributed by atoms with E-state index >= 15 is 0 Å². The zero-order chi connectivity index (χ0) is 14.0. The number of ether oxygens (including phenoxy) is 1. The predicted molar refractivity (Wildman–Crippen MR) is 87.1 cm³/mol. The molecule has 0 amide bonds. The highest BCUT2D eigenvalue weighted by atomic mass is 35.5. The van der Waals surface area contributed by atoms with Crippen LogP contribution < -0.4 is 4.74 Å². The van der Waals surface area contributed by atoms with E-state index < -0.39 is 0 Å². The number of halogens is 1. The molecule has 0 aliphatic rings. The molecule has 0 N–H and O–H groups in total. The number of hydrogen-bond donors (Lipinski definition) is 0. The number of aryl methyl sites for hydroxylation is 2. The molecule has 0 radical (unpaired) electrons. The van der Waals surface area contributed by atoms with Crippen LogP contribution in [0.2, 0.25) is 0 Å². The summed E-state index contributed by atoms with van der Waals surface area (Å²) < 4.78 is 8.20. The lowest BCUT2D eigenvalue weighted by Gasteiger charge is -2.11. The van der Waals surface area contributed by atoms with Gasteiger partial charge in [0.05, 0.1) is 6.61 Å². The molecule has 0 fully saturated rings. The third-order valence-corrected chi connectivity index (χ3v) is 3.76. The monoisotopic (exact) mass is 296 g/mol. The molecule has 0 unspecified atom stereocenters. The van der Waals surface area contributed by atoms with Crippen LogP contribution in [0.25, 0.3) is 10.9 Å². The molecule has 0 aliphatic heterocycles. The van der Waals surface area contributed by atoms with E-state index in [2.05, 4.69) is 50.2 Å². The van der Waals surface area contributed by atoms with Crippen LogP contribution in [-0.4, -0.2) is 16.2 Å². The summed E-state index contributed by atoms with van der Waals surface area (Å²) in [5.74, 6) is 1.43. The van der Waals surface area contributed by atoms with Crippen LogP contribution in [0.5, 0.6) is 5.88 Å². The van der Waals surface area contributed by atoms with Crippen LogP contribution in [0.15, 0.2) is 12.3 Å². The second-order valence-corrected chi connectivity index (χ2v) is 5.50. The lowest BCUT2D eigenvalue weighted by Crippen LogP contribution is -2.05. The van der Waals surface area contributed by atoms with Gasteiger partial charge in [0.25, 0.3) is 0 Å². The number of hydrogen-bond acceptors (Lipinski definition) is 2. The van der Waals surface area contributed by atoms with Gasteiger partial charge in [-0.3, -0.25) is 0 Å². The van der Waals surface area contributed by atoms with Gasteiger partial charge in [-0.15, -0.1) is 12.4 Å². The largest absolute Gasteiger partial charge is 0.476 e. The third kappa shape index (κ3) is 3.09. The molecule has 2 aromatic heterocycles. The van der Waals surface area contributed by atoms with Gasteiger partial charge in [-0.2, -0.15) is 0 Å². The van der Waals surface area contributed by atoms with Crippen molar-refractivity contribution in [3.05, 3.63) is 23.5 Å². The highest BCUT2D eigenvalue weighted by Gasteiger charge is 2.15. The molecule has 0 saturated heterocycles. The summed E-state index contributed by atoms with van der Waals surface area (Å²) in [6, 6.07) is 2.08. The summed E-state index contributed by atoms with van der Waals surface area (Å²) in [5.41, 5.74) is 3.77. The Labute approximate surface area is 127 Å². The minimum Gasteiger partial charge on any atom is -0.476 e. The molecule has 20 heavy (non-hydrogen) atoms. The molecule has 0 spiro atoms. The molecule has 4 heteroatoms. The quantitative estimate of drug-likeness (QED) is 0.811. The Morgan fingerprint density at radius 3 is 2.60 bits per heavy atom. The average Bonchev–Trinajstić information content (AvgIpc) is 2.63. The van der Waals surface area contributed by atoms with Crippen LogP contribution >= 0.6 is 12.4 Å². The first-order chi connectivity index (χ1) is 9.06. The fourth-order valence-corrected chi connectivity index (χ4v) is 2.46. The lowest BCUT2D eigenvalue weighted by atomic mass is 10.1. The Morgan fingerprint density at radius 2 is 2.00 bits per heavy atom. The van der Waals surface area contributed by atoms with Gasteiger partial charge >= 0.3 is 0 Å². The molecule has 0 bridgehead atoms. The van der Waals surface area contributed by atoms with Crippen molar-refractivity contribution >= 4 is 23.3 Å². The van der Waals surface area contributed by atoms with Gasteiger partial charge in [-0.1, -0.05) is 13.8 Å². The van der Waals surface area contributed by atoms with Gasteiger partial charge in [-0.25, -0.2) is 4.98 Å². The minimum absolute atomic E-state index is 0. The highest BCUT2D eigenvalue weighted by Crippen LogP contribution is 2.30. The Hall–Kier alpha value is -1.22. The smallest absolute Gasteiger partial charge is 0.238 e. The number of fused-ring (bicyclic) bond motifs is 1. The average molecular weight is 297 g/mol. The summed E-state index contributed by atoms with van der Waals surface area (Å²) >= 11 is 0. The number of pyridine rings is 1. The van der Waals surface area contributed by atoms with Gasteiger partial charge in [0, 0.05) is 23.8 Å². The number of nitrogens with zero attached hydrogens (tertiary/aromatic N) is 2. The van der Waals surface area contributed by atoms with Crippen molar-refractivity contribution in [1.82, 2.24) is 9.55 Å². The zero-order valence-corrected chi connectivity index (χ0v) is 13.9. The van der Waals surface area contributed by atoms with Gasteiger partial charge in [0.15, 0.2) is 0 Å². The molecule has 2 heterocycles. The van der Waals surface area contributed by atoms with Crippen LogP contribution in [0, 0.1) is 19.8 Å². The highest BCUT2D eigenvalue weighted by molar-refractivity contribution is 5.88. The molecule has 0 saturated carbocycles. The molecular formula is C16H25ClN2O. The molecule has 3 nitrogen and oxygen atoms in total. The molecule has 2 aromatic rings. The molecule has 0 atom stereocenters. The van der Waals surface area contributed by atoms with Crippen molar-refractivity contribution < 1.29 is 4.74 Å². The Morgan fingerprint density at radius 1 is 1.30 bits per heavy atom. The molecule has 0 aliphatic carbocycles. The fraction of sp³-hybridized carbons (Fsp3) is 0.562. The zero-order valence-electron chi connectivity index (χ0n) is 13.1. The standard InChI is InChI=1S/C16H24N2O.ClH/c1-6-18-13(5)12(4)14-7-9-17-16(15(14)18)19-10-8-11(2)3;/h7,9,11H,6,8,10H2,1-5H3;1H. The first-order valence-corrected chi connectivity index (χ1v) is 7.13. The van der Waals surface area contributed by atoms with Crippen molar-refractivity contribution in [3.63, 3.8) is 0 Å². The number of rotatable bonds is 5. The summed E-state index contributed by atoms with van der Waals surface area (Å²) in [6.07, 6.45) is 2.91. The Bertz CT molecular complexity index is 575. The molecular weight excluding hydrogens is 272 g/mol. The van der Waals surface area contributed by atoms with Gasteiger partial charge in [0.2, 0.25) is 5.88 Å². The fourth-order valence-electron chi connectivity index (χ4n) is 2.46. The Kier molecular flexibility index (Phi) is 5.88. The van der Waals surface area contributed by atoms with Crippen LogP contribution in [0.1, 0.15) is 38.4 Å².